The van der Waals surface area contributed by atoms with Crippen LogP contribution in [0.25, 0.3) is 0 Å². The molecule has 1 aliphatic heterocycles. The summed E-state index contributed by atoms with van der Waals surface area (Å²) in [4.78, 5) is 2.69. The van der Waals surface area contributed by atoms with Gasteiger partial charge in [0, 0.05) is 12.6 Å². The summed E-state index contributed by atoms with van der Waals surface area (Å²) in [6.45, 7) is 2.47. The van der Waals surface area contributed by atoms with E-state index in [-0.39, 0.29) is 10.9 Å². The number of methoxy groups -OCH3 is 1. The number of nitrogens with zero attached hydrogens (tertiary/aromatic N) is 1. The Morgan fingerprint density at radius 3 is 2.30 bits per heavy atom. The lowest BCUT2D eigenvalue weighted by atomic mass is 10.0. The van der Waals surface area contributed by atoms with Gasteiger partial charge >= 0.3 is 0 Å². The van der Waals surface area contributed by atoms with E-state index in [1.54, 1.807) is 31.4 Å². The summed E-state index contributed by atoms with van der Waals surface area (Å²) >= 11 is 0. The van der Waals surface area contributed by atoms with Crippen LogP contribution in [0, 0.1) is 0 Å². The number of hydrogen-bond acceptors (Lipinski definition) is 4. The zero-order valence-electron chi connectivity index (χ0n) is 15.8. The maximum Gasteiger partial charge on any atom is 0.240 e. The third kappa shape index (κ3) is 5.54. The van der Waals surface area contributed by atoms with E-state index in [0.29, 0.717) is 12.3 Å². The molecule has 0 saturated carbocycles. The number of likely N-dealkylation sites (tertiary alicyclic amines) is 1. The van der Waals surface area contributed by atoms with Crippen molar-refractivity contribution in [1.82, 2.24) is 9.62 Å². The largest absolute Gasteiger partial charge is 0.497 e. The van der Waals surface area contributed by atoms with Crippen LogP contribution in [0.3, 0.4) is 0 Å². The van der Waals surface area contributed by atoms with Gasteiger partial charge in [0.25, 0.3) is 0 Å². The van der Waals surface area contributed by atoms with E-state index in [1.165, 1.54) is 24.8 Å². The first kappa shape index (κ1) is 19.9. The predicted octanol–water partition coefficient (Wildman–Crippen LogP) is 3.07. The summed E-state index contributed by atoms with van der Waals surface area (Å²) in [5, 5.41) is 0. The van der Waals surface area contributed by atoms with Crippen molar-refractivity contribution in [2.45, 2.75) is 36.6 Å². The molecule has 2 aromatic carbocycles. The van der Waals surface area contributed by atoms with Crippen LogP contribution < -0.4 is 9.46 Å². The molecular weight excluding hydrogens is 360 g/mol. The number of sulfonamides is 1. The van der Waals surface area contributed by atoms with Crippen molar-refractivity contribution in [3.05, 3.63) is 60.2 Å². The molecule has 6 heteroatoms. The van der Waals surface area contributed by atoms with Crippen LogP contribution in [-0.2, 0) is 16.4 Å². The predicted molar refractivity (Wildman–Crippen MR) is 108 cm³/mol. The SMILES string of the molecule is COc1ccc(S(=O)(=O)NCC(Cc2ccccc2)N2CCCCC2)cc1. The molecule has 1 N–H and O–H groups in total. The van der Waals surface area contributed by atoms with Crippen LogP contribution in [0.5, 0.6) is 5.75 Å². The molecular formula is C21H28N2O3S. The number of hydrogen-bond donors (Lipinski definition) is 1. The van der Waals surface area contributed by atoms with Crippen LogP contribution in [0.2, 0.25) is 0 Å². The van der Waals surface area contributed by atoms with E-state index in [1.807, 2.05) is 18.2 Å². The van der Waals surface area contributed by atoms with Crippen LogP contribution >= 0.6 is 0 Å². The van der Waals surface area contributed by atoms with Gasteiger partial charge in [-0.05, 0) is 62.2 Å². The molecule has 0 radical (unpaired) electrons. The molecule has 2 aromatic rings. The van der Waals surface area contributed by atoms with Gasteiger partial charge in [-0.1, -0.05) is 36.8 Å². The molecule has 1 heterocycles. The zero-order valence-corrected chi connectivity index (χ0v) is 16.6. The Bertz CT molecular complexity index is 801. The Kier molecular flexibility index (Phi) is 6.88. The Morgan fingerprint density at radius 2 is 1.67 bits per heavy atom. The fraction of sp³-hybridized carbons (Fsp3) is 0.429. The summed E-state index contributed by atoms with van der Waals surface area (Å²) in [6.07, 6.45) is 4.45. The van der Waals surface area contributed by atoms with E-state index < -0.39 is 10.0 Å². The van der Waals surface area contributed by atoms with E-state index in [4.69, 9.17) is 4.74 Å². The van der Waals surface area contributed by atoms with Crippen LogP contribution in [0.15, 0.2) is 59.5 Å². The van der Waals surface area contributed by atoms with Crippen molar-refractivity contribution in [2.75, 3.05) is 26.7 Å². The lowest BCUT2D eigenvalue weighted by molar-refractivity contribution is 0.163. The van der Waals surface area contributed by atoms with Gasteiger partial charge in [-0.15, -0.1) is 0 Å². The third-order valence-corrected chi connectivity index (χ3v) is 6.54. The fourth-order valence-electron chi connectivity index (χ4n) is 3.54. The lowest BCUT2D eigenvalue weighted by Crippen LogP contribution is -2.47. The minimum atomic E-state index is -3.54. The molecule has 146 valence electrons. The lowest BCUT2D eigenvalue weighted by Gasteiger charge is -2.34. The first-order valence-electron chi connectivity index (χ1n) is 9.50. The molecule has 1 atom stereocenters. The quantitative estimate of drug-likeness (QED) is 0.755. The second-order valence-corrected chi connectivity index (χ2v) is 8.73. The van der Waals surface area contributed by atoms with Gasteiger partial charge in [0.15, 0.2) is 0 Å². The average Bonchev–Trinajstić information content (AvgIpc) is 2.72. The Labute approximate surface area is 162 Å². The summed E-state index contributed by atoms with van der Waals surface area (Å²) in [6, 6.07) is 16.9. The molecule has 3 rings (SSSR count). The Morgan fingerprint density at radius 1 is 1.00 bits per heavy atom. The highest BCUT2D eigenvalue weighted by molar-refractivity contribution is 7.89. The second-order valence-electron chi connectivity index (χ2n) is 6.97. The molecule has 27 heavy (non-hydrogen) atoms. The van der Waals surface area contributed by atoms with Crippen molar-refractivity contribution in [3.63, 3.8) is 0 Å². The number of ether oxygens (including phenoxy) is 1. The van der Waals surface area contributed by atoms with Crippen LogP contribution in [0.4, 0.5) is 0 Å². The minimum absolute atomic E-state index is 0.153. The normalized spacial score (nSPS) is 16.8. The van der Waals surface area contributed by atoms with E-state index in [2.05, 4.69) is 21.8 Å². The molecule has 0 bridgehead atoms. The molecule has 1 aliphatic rings. The highest BCUT2D eigenvalue weighted by Gasteiger charge is 2.23. The van der Waals surface area contributed by atoms with Gasteiger partial charge in [0.05, 0.1) is 12.0 Å². The van der Waals surface area contributed by atoms with Crippen LogP contribution in [0.1, 0.15) is 24.8 Å². The van der Waals surface area contributed by atoms with E-state index >= 15 is 0 Å². The summed E-state index contributed by atoms with van der Waals surface area (Å²) in [7, 11) is -1.98. The van der Waals surface area contributed by atoms with E-state index in [9.17, 15) is 8.42 Å². The number of piperidine rings is 1. The maximum atomic E-state index is 12.7. The molecule has 0 amide bonds. The van der Waals surface area contributed by atoms with Crippen molar-refractivity contribution in [1.29, 1.82) is 0 Å². The van der Waals surface area contributed by atoms with Gasteiger partial charge in [-0.3, -0.25) is 4.90 Å². The number of benzene rings is 2. The van der Waals surface area contributed by atoms with Gasteiger partial charge in [0.2, 0.25) is 10.0 Å². The highest BCUT2D eigenvalue weighted by atomic mass is 32.2. The van der Waals surface area contributed by atoms with Gasteiger partial charge in [0.1, 0.15) is 5.75 Å². The molecule has 0 aliphatic carbocycles. The van der Waals surface area contributed by atoms with Crippen LogP contribution in [-0.4, -0.2) is 46.1 Å². The zero-order chi connectivity index (χ0) is 19.1. The first-order valence-corrected chi connectivity index (χ1v) is 11.0. The van der Waals surface area contributed by atoms with Gasteiger partial charge in [-0.25, -0.2) is 13.1 Å². The maximum absolute atomic E-state index is 12.7. The molecule has 0 spiro atoms. The Hall–Kier alpha value is -1.89. The van der Waals surface area contributed by atoms with Crippen molar-refractivity contribution >= 4 is 10.0 Å². The molecule has 5 nitrogen and oxygen atoms in total. The van der Waals surface area contributed by atoms with Crippen molar-refractivity contribution in [2.24, 2.45) is 0 Å². The minimum Gasteiger partial charge on any atom is -0.497 e. The second kappa shape index (κ2) is 9.35. The van der Waals surface area contributed by atoms with E-state index in [0.717, 1.165) is 19.5 Å². The summed E-state index contributed by atoms with van der Waals surface area (Å²) < 4.78 is 33.3. The summed E-state index contributed by atoms with van der Waals surface area (Å²) in [5.41, 5.74) is 1.23. The Balaban J connectivity index is 1.70. The van der Waals surface area contributed by atoms with Gasteiger partial charge in [-0.2, -0.15) is 0 Å². The molecule has 1 fully saturated rings. The number of rotatable bonds is 8. The standard InChI is InChI=1S/C21H28N2O3S/c1-26-20-10-12-21(13-11-20)27(24,25)22-17-19(23-14-6-3-7-15-23)16-18-8-4-2-5-9-18/h2,4-5,8-13,19,22H,3,6-7,14-17H2,1H3. The van der Waals surface area contributed by atoms with Crippen molar-refractivity contribution < 1.29 is 13.2 Å². The smallest absolute Gasteiger partial charge is 0.240 e. The highest BCUT2D eigenvalue weighted by Crippen LogP contribution is 2.18. The fourth-order valence-corrected chi connectivity index (χ4v) is 4.62. The topological polar surface area (TPSA) is 58.6 Å². The molecule has 0 aromatic heterocycles. The molecule has 1 saturated heterocycles. The number of nitrogens with one attached hydrogen (secondary N) is 1. The van der Waals surface area contributed by atoms with Crippen molar-refractivity contribution in [3.8, 4) is 5.75 Å². The third-order valence-electron chi connectivity index (χ3n) is 5.10. The first-order chi connectivity index (χ1) is 13.1. The van der Waals surface area contributed by atoms with Gasteiger partial charge < -0.3 is 4.74 Å². The molecule has 1 unspecified atom stereocenters. The summed E-state index contributed by atoms with van der Waals surface area (Å²) in [5.74, 6) is 0.643. The monoisotopic (exact) mass is 388 g/mol. The average molecular weight is 389 g/mol.